The van der Waals surface area contributed by atoms with Crippen LogP contribution in [0, 0.1) is 0 Å². The number of carbonyl (C=O) groups excluding carboxylic acids is 1. The molecule has 1 aromatic rings. The van der Waals surface area contributed by atoms with E-state index in [0.29, 0.717) is 0 Å². The van der Waals surface area contributed by atoms with E-state index < -0.39 is 0 Å². The number of hydrogen-bond acceptors (Lipinski definition) is 2. The molecule has 0 bridgehead atoms. The zero-order chi connectivity index (χ0) is 10.1. The zero-order valence-electron chi connectivity index (χ0n) is 8.23. The largest absolute Gasteiger partial charge is 0.497 e. The molecule has 1 amide bonds. The average molecular weight is 181 g/mol. The summed E-state index contributed by atoms with van der Waals surface area (Å²) in [5, 5.41) is 0. The van der Waals surface area contributed by atoms with Gasteiger partial charge in [-0.15, -0.1) is 0 Å². The molecule has 0 aliphatic rings. The molecular formula is C10H15NO2. The predicted octanol–water partition coefficient (Wildman–Crippen LogP) is 1.40. The molecule has 0 atom stereocenters. The monoisotopic (exact) mass is 181 g/mol. The van der Waals surface area contributed by atoms with Crippen molar-refractivity contribution in [2.24, 2.45) is 0 Å². The van der Waals surface area contributed by atoms with E-state index in [0.717, 1.165) is 12.2 Å². The van der Waals surface area contributed by atoms with Crippen LogP contribution in [0.4, 0.5) is 0 Å². The van der Waals surface area contributed by atoms with Gasteiger partial charge in [-0.1, -0.05) is 18.2 Å². The SMILES string of the molecule is CN(C)C=O.COc1ccccc1. The molecular weight excluding hydrogens is 166 g/mol. The van der Waals surface area contributed by atoms with Crippen LogP contribution in [0.2, 0.25) is 0 Å². The number of ether oxygens (including phenoxy) is 1. The van der Waals surface area contributed by atoms with Crippen molar-refractivity contribution in [1.82, 2.24) is 4.90 Å². The van der Waals surface area contributed by atoms with Gasteiger partial charge in [0.25, 0.3) is 0 Å². The number of carbonyl (C=O) groups is 1. The van der Waals surface area contributed by atoms with E-state index in [4.69, 9.17) is 4.74 Å². The maximum Gasteiger partial charge on any atom is 0.209 e. The normalized spacial score (nSPS) is 7.92. The van der Waals surface area contributed by atoms with Gasteiger partial charge in [-0.05, 0) is 12.1 Å². The molecule has 0 aliphatic carbocycles. The van der Waals surface area contributed by atoms with Crippen molar-refractivity contribution in [2.75, 3.05) is 21.2 Å². The molecule has 0 aliphatic heterocycles. The lowest BCUT2D eigenvalue weighted by Crippen LogP contribution is -2.06. The highest BCUT2D eigenvalue weighted by atomic mass is 16.5. The first-order valence-corrected chi connectivity index (χ1v) is 3.91. The van der Waals surface area contributed by atoms with Crippen molar-refractivity contribution in [2.45, 2.75) is 0 Å². The second-order valence-electron chi connectivity index (χ2n) is 2.59. The Morgan fingerprint density at radius 3 is 1.92 bits per heavy atom. The van der Waals surface area contributed by atoms with Gasteiger partial charge < -0.3 is 9.64 Å². The van der Waals surface area contributed by atoms with Gasteiger partial charge in [-0.25, -0.2) is 0 Å². The number of hydrogen-bond donors (Lipinski definition) is 0. The summed E-state index contributed by atoms with van der Waals surface area (Å²) in [6, 6.07) is 9.68. The Morgan fingerprint density at radius 1 is 1.23 bits per heavy atom. The third-order valence-electron chi connectivity index (χ3n) is 1.19. The van der Waals surface area contributed by atoms with Crippen LogP contribution in [0.15, 0.2) is 30.3 Å². The number of amides is 1. The highest BCUT2D eigenvalue weighted by Gasteiger charge is 1.80. The quantitative estimate of drug-likeness (QED) is 0.645. The van der Waals surface area contributed by atoms with Gasteiger partial charge in [0.1, 0.15) is 5.75 Å². The number of rotatable bonds is 2. The van der Waals surface area contributed by atoms with E-state index in [1.54, 1.807) is 21.2 Å². The lowest BCUT2D eigenvalue weighted by atomic mass is 10.3. The van der Waals surface area contributed by atoms with Crippen LogP contribution in [-0.4, -0.2) is 32.5 Å². The Labute approximate surface area is 78.9 Å². The van der Waals surface area contributed by atoms with Crippen molar-refractivity contribution >= 4 is 6.41 Å². The van der Waals surface area contributed by atoms with Gasteiger partial charge >= 0.3 is 0 Å². The lowest BCUT2D eigenvalue weighted by molar-refractivity contribution is -0.115. The first kappa shape index (κ1) is 11.5. The molecule has 0 spiro atoms. The van der Waals surface area contributed by atoms with Gasteiger partial charge in [0, 0.05) is 14.1 Å². The molecule has 0 aromatic heterocycles. The first-order chi connectivity index (χ1) is 6.20. The average Bonchev–Trinajstić information content (AvgIpc) is 2.20. The molecule has 3 nitrogen and oxygen atoms in total. The van der Waals surface area contributed by atoms with Crippen molar-refractivity contribution in [3.63, 3.8) is 0 Å². The Hall–Kier alpha value is -1.51. The summed E-state index contributed by atoms with van der Waals surface area (Å²) < 4.78 is 4.91. The highest BCUT2D eigenvalue weighted by Crippen LogP contribution is 2.05. The summed E-state index contributed by atoms with van der Waals surface area (Å²) in [4.78, 5) is 10.9. The second-order valence-corrected chi connectivity index (χ2v) is 2.59. The van der Waals surface area contributed by atoms with Gasteiger partial charge in [0.05, 0.1) is 7.11 Å². The van der Waals surface area contributed by atoms with Gasteiger partial charge in [-0.3, -0.25) is 4.79 Å². The van der Waals surface area contributed by atoms with Crippen LogP contribution in [0.1, 0.15) is 0 Å². The minimum atomic E-state index is 0.750. The number of para-hydroxylation sites is 1. The summed E-state index contributed by atoms with van der Waals surface area (Å²) >= 11 is 0. The van der Waals surface area contributed by atoms with Gasteiger partial charge in [0.15, 0.2) is 0 Å². The Morgan fingerprint density at radius 2 is 1.69 bits per heavy atom. The third-order valence-corrected chi connectivity index (χ3v) is 1.19. The van der Waals surface area contributed by atoms with Crippen molar-refractivity contribution in [1.29, 1.82) is 0 Å². The lowest BCUT2D eigenvalue weighted by Gasteiger charge is -1.93. The maximum atomic E-state index is 9.43. The Kier molecular flexibility index (Phi) is 6.32. The van der Waals surface area contributed by atoms with E-state index >= 15 is 0 Å². The van der Waals surface area contributed by atoms with Crippen LogP contribution in [0.25, 0.3) is 0 Å². The molecule has 0 heterocycles. The number of methoxy groups -OCH3 is 1. The predicted molar refractivity (Wildman–Crippen MR) is 52.7 cm³/mol. The van der Waals surface area contributed by atoms with Crippen LogP contribution < -0.4 is 4.74 Å². The fraction of sp³-hybridized carbons (Fsp3) is 0.300. The molecule has 0 saturated carbocycles. The minimum absolute atomic E-state index is 0.750. The summed E-state index contributed by atoms with van der Waals surface area (Å²) in [6.45, 7) is 0. The molecule has 1 aromatic carbocycles. The number of nitrogens with zero attached hydrogens (tertiary/aromatic N) is 1. The van der Waals surface area contributed by atoms with Gasteiger partial charge in [-0.2, -0.15) is 0 Å². The fourth-order valence-corrected chi connectivity index (χ4v) is 0.557. The first-order valence-electron chi connectivity index (χ1n) is 3.91. The minimum Gasteiger partial charge on any atom is -0.497 e. The summed E-state index contributed by atoms with van der Waals surface area (Å²) in [6.07, 6.45) is 0.750. The molecule has 0 N–H and O–H groups in total. The van der Waals surface area contributed by atoms with E-state index in [1.807, 2.05) is 30.3 Å². The Bertz CT molecular complexity index is 222. The molecule has 0 saturated heterocycles. The molecule has 0 fully saturated rings. The summed E-state index contributed by atoms with van der Waals surface area (Å²) in [5.41, 5.74) is 0. The zero-order valence-corrected chi connectivity index (χ0v) is 8.23. The number of benzene rings is 1. The van der Waals surface area contributed by atoms with Crippen LogP contribution in [-0.2, 0) is 4.79 Å². The molecule has 0 unspecified atom stereocenters. The molecule has 1 rings (SSSR count). The third kappa shape index (κ3) is 6.87. The van der Waals surface area contributed by atoms with Gasteiger partial charge in [0.2, 0.25) is 6.41 Å². The molecule has 3 heteroatoms. The molecule has 72 valence electrons. The van der Waals surface area contributed by atoms with Crippen LogP contribution >= 0.6 is 0 Å². The molecule has 13 heavy (non-hydrogen) atoms. The standard InChI is InChI=1S/C7H8O.C3H7NO/c1-8-7-5-3-2-4-6-7;1-4(2)3-5/h2-6H,1H3;3H,1-2H3. The topological polar surface area (TPSA) is 29.5 Å². The van der Waals surface area contributed by atoms with E-state index in [9.17, 15) is 4.79 Å². The summed E-state index contributed by atoms with van der Waals surface area (Å²) in [7, 11) is 5.04. The van der Waals surface area contributed by atoms with Crippen LogP contribution in [0.3, 0.4) is 0 Å². The molecule has 0 radical (unpaired) electrons. The van der Waals surface area contributed by atoms with Crippen molar-refractivity contribution < 1.29 is 9.53 Å². The van der Waals surface area contributed by atoms with E-state index in [1.165, 1.54) is 4.90 Å². The van der Waals surface area contributed by atoms with E-state index in [2.05, 4.69) is 0 Å². The summed E-state index contributed by atoms with van der Waals surface area (Å²) in [5.74, 6) is 0.910. The van der Waals surface area contributed by atoms with Crippen molar-refractivity contribution in [3.05, 3.63) is 30.3 Å². The highest BCUT2D eigenvalue weighted by molar-refractivity contribution is 5.45. The van der Waals surface area contributed by atoms with Crippen molar-refractivity contribution in [3.8, 4) is 5.75 Å². The van der Waals surface area contributed by atoms with E-state index in [-0.39, 0.29) is 0 Å². The Balaban J connectivity index is 0.000000252. The smallest absolute Gasteiger partial charge is 0.209 e. The second kappa shape index (κ2) is 7.16. The van der Waals surface area contributed by atoms with Crippen LogP contribution in [0.5, 0.6) is 5.75 Å². The maximum absolute atomic E-state index is 9.43. The fourth-order valence-electron chi connectivity index (χ4n) is 0.557.